The zero-order valence-electron chi connectivity index (χ0n) is 11.9. The third-order valence-electron chi connectivity index (χ3n) is 4.80. The number of phenols is 1. The van der Waals surface area contributed by atoms with Gasteiger partial charge in [-0.15, -0.1) is 0 Å². The summed E-state index contributed by atoms with van der Waals surface area (Å²) in [6.07, 6.45) is 0. The average molecular weight is 249 g/mol. The molecule has 0 bridgehead atoms. The molecule has 0 radical (unpaired) electrons. The Labute approximate surface area is 109 Å². The predicted molar refractivity (Wildman–Crippen MR) is 72.8 cm³/mol. The summed E-state index contributed by atoms with van der Waals surface area (Å²) in [6, 6.07) is 5.81. The van der Waals surface area contributed by atoms with Crippen LogP contribution < -0.4 is 10.1 Å². The first-order valence-electron chi connectivity index (χ1n) is 6.40. The van der Waals surface area contributed by atoms with Crippen LogP contribution in [-0.2, 0) is 6.54 Å². The van der Waals surface area contributed by atoms with Gasteiger partial charge in [-0.25, -0.2) is 0 Å². The summed E-state index contributed by atoms with van der Waals surface area (Å²) in [6.45, 7) is 9.76. The summed E-state index contributed by atoms with van der Waals surface area (Å²) >= 11 is 0. The quantitative estimate of drug-likeness (QED) is 0.862. The predicted octanol–water partition coefficient (Wildman–Crippen LogP) is 2.93. The maximum absolute atomic E-state index is 9.83. The van der Waals surface area contributed by atoms with Crippen molar-refractivity contribution in [3.63, 3.8) is 0 Å². The van der Waals surface area contributed by atoms with Crippen molar-refractivity contribution in [2.45, 2.75) is 40.3 Å². The molecule has 0 amide bonds. The zero-order chi connectivity index (χ0) is 13.6. The third kappa shape index (κ3) is 1.97. The van der Waals surface area contributed by atoms with Gasteiger partial charge in [-0.2, -0.15) is 0 Å². The van der Waals surface area contributed by atoms with E-state index in [0.29, 0.717) is 29.2 Å². The lowest BCUT2D eigenvalue weighted by Crippen LogP contribution is -2.21. The molecule has 18 heavy (non-hydrogen) atoms. The van der Waals surface area contributed by atoms with Gasteiger partial charge in [0, 0.05) is 18.2 Å². The van der Waals surface area contributed by atoms with Gasteiger partial charge >= 0.3 is 0 Å². The Balaban J connectivity index is 2.04. The van der Waals surface area contributed by atoms with Crippen molar-refractivity contribution < 1.29 is 9.84 Å². The minimum Gasteiger partial charge on any atom is -0.508 e. The Kier molecular flexibility index (Phi) is 3.06. The maximum Gasteiger partial charge on any atom is 0.120 e. The largest absolute Gasteiger partial charge is 0.508 e. The normalized spacial score (nSPS) is 20.7. The number of ether oxygens (including phenoxy) is 1. The molecule has 1 aliphatic rings. The van der Waals surface area contributed by atoms with Gasteiger partial charge in [-0.1, -0.05) is 27.7 Å². The van der Waals surface area contributed by atoms with E-state index >= 15 is 0 Å². The highest BCUT2D eigenvalue weighted by atomic mass is 16.5. The maximum atomic E-state index is 9.83. The van der Waals surface area contributed by atoms with Gasteiger partial charge in [0.05, 0.1) is 7.11 Å². The van der Waals surface area contributed by atoms with Crippen molar-refractivity contribution in [2.24, 2.45) is 10.8 Å². The Bertz CT molecular complexity index is 438. The highest BCUT2D eigenvalue weighted by Gasteiger charge is 2.64. The Morgan fingerprint density at radius 3 is 2.33 bits per heavy atom. The molecule has 100 valence electrons. The topological polar surface area (TPSA) is 41.5 Å². The van der Waals surface area contributed by atoms with Crippen LogP contribution in [-0.4, -0.2) is 18.3 Å². The van der Waals surface area contributed by atoms with Crippen molar-refractivity contribution in [1.29, 1.82) is 0 Å². The van der Waals surface area contributed by atoms with Gasteiger partial charge < -0.3 is 15.2 Å². The van der Waals surface area contributed by atoms with E-state index in [4.69, 9.17) is 4.74 Å². The second-order valence-electron chi connectivity index (χ2n) is 6.25. The highest BCUT2D eigenvalue weighted by Crippen LogP contribution is 2.62. The van der Waals surface area contributed by atoms with Crippen LogP contribution in [0.2, 0.25) is 0 Å². The molecule has 0 unspecified atom stereocenters. The van der Waals surface area contributed by atoms with Crippen LogP contribution in [0.4, 0.5) is 0 Å². The molecule has 1 aromatic rings. The molecule has 0 aliphatic heterocycles. The fourth-order valence-electron chi connectivity index (χ4n) is 2.75. The summed E-state index contributed by atoms with van der Waals surface area (Å²) in [4.78, 5) is 0. The minimum absolute atomic E-state index is 0.307. The highest BCUT2D eigenvalue weighted by molar-refractivity contribution is 5.39. The van der Waals surface area contributed by atoms with Gasteiger partial charge in [0.2, 0.25) is 0 Å². The molecule has 0 spiro atoms. The van der Waals surface area contributed by atoms with Gasteiger partial charge in [0.1, 0.15) is 11.5 Å². The first kappa shape index (κ1) is 13.2. The third-order valence-corrected chi connectivity index (χ3v) is 4.80. The van der Waals surface area contributed by atoms with E-state index in [1.807, 2.05) is 6.07 Å². The number of hydrogen-bond acceptors (Lipinski definition) is 3. The standard InChI is InChI=1S/C15H23NO2/c1-14(2)13(15(14,3)4)16-9-10-8-11(18-5)6-7-12(10)17/h6-8,13,16-17H,9H2,1-5H3. The number of nitrogens with one attached hydrogen (secondary N) is 1. The Hall–Kier alpha value is -1.22. The van der Waals surface area contributed by atoms with E-state index in [9.17, 15) is 5.11 Å². The van der Waals surface area contributed by atoms with Gasteiger partial charge in [-0.3, -0.25) is 0 Å². The molecule has 2 N–H and O–H groups in total. The van der Waals surface area contributed by atoms with E-state index in [1.165, 1.54) is 0 Å². The molecule has 2 rings (SSSR count). The monoisotopic (exact) mass is 249 g/mol. The summed E-state index contributed by atoms with van der Waals surface area (Å²) in [7, 11) is 1.64. The molecule has 0 aromatic heterocycles. The molecule has 1 fully saturated rings. The molecule has 3 nitrogen and oxygen atoms in total. The number of benzene rings is 1. The SMILES string of the molecule is COc1ccc(O)c(CNC2C(C)(C)C2(C)C)c1. The van der Waals surface area contributed by atoms with Crippen LogP contribution in [0.5, 0.6) is 11.5 Å². The van der Waals surface area contributed by atoms with Crippen LogP contribution in [0.3, 0.4) is 0 Å². The van der Waals surface area contributed by atoms with E-state index in [-0.39, 0.29) is 0 Å². The van der Waals surface area contributed by atoms with Crippen molar-refractivity contribution in [1.82, 2.24) is 5.32 Å². The van der Waals surface area contributed by atoms with Crippen molar-refractivity contribution in [2.75, 3.05) is 7.11 Å². The van der Waals surface area contributed by atoms with Crippen molar-refractivity contribution in [3.8, 4) is 11.5 Å². The molecule has 0 atom stereocenters. The second-order valence-corrected chi connectivity index (χ2v) is 6.25. The number of methoxy groups -OCH3 is 1. The van der Waals surface area contributed by atoms with Crippen molar-refractivity contribution in [3.05, 3.63) is 23.8 Å². The van der Waals surface area contributed by atoms with Crippen LogP contribution in [0.1, 0.15) is 33.3 Å². The minimum atomic E-state index is 0.307. The fraction of sp³-hybridized carbons (Fsp3) is 0.600. The van der Waals surface area contributed by atoms with Crippen molar-refractivity contribution >= 4 is 0 Å². The van der Waals surface area contributed by atoms with E-state index in [0.717, 1.165) is 11.3 Å². The number of rotatable bonds is 4. The molecule has 1 saturated carbocycles. The lowest BCUT2D eigenvalue weighted by molar-refractivity contribution is 0.409. The number of phenolic OH excluding ortho intramolecular Hbond substituents is 1. The lowest BCUT2D eigenvalue weighted by Gasteiger charge is -2.10. The molecule has 3 heteroatoms. The van der Waals surface area contributed by atoms with Crippen LogP contribution in [0.25, 0.3) is 0 Å². The smallest absolute Gasteiger partial charge is 0.120 e. The summed E-state index contributed by atoms with van der Waals surface area (Å²) in [5.74, 6) is 1.10. The summed E-state index contributed by atoms with van der Waals surface area (Å²) in [5.41, 5.74) is 1.50. The zero-order valence-corrected chi connectivity index (χ0v) is 11.9. The lowest BCUT2D eigenvalue weighted by atomic mass is 10.0. The van der Waals surface area contributed by atoms with Crippen LogP contribution in [0.15, 0.2) is 18.2 Å². The molecule has 0 heterocycles. The Morgan fingerprint density at radius 2 is 1.83 bits per heavy atom. The van der Waals surface area contributed by atoms with Gasteiger partial charge in [0.25, 0.3) is 0 Å². The van der Waals surface area contributed by atoms with E-state index in [1.54, 1.807) is 19.2 Å². The van der Waals surface area contributed by atoms with E-state index < -0.39 is 0 Å². The van der Waals surface area contributed by atoms with E-state index in [2.05, 4.69) is 33.0 Å². The van der Waals surface area contributed by atoms with Crippen LogP contribution in [0, 0.1) is 10.8 Å². The first-order valence-corrected chi connectivity index (χ1v) is 6.40. The summed E-state index contributed by atoms with van der Waals surface area (Å²) in [5, 5.41) is 13.4. The molecule has 1 aliphatic carbocycles. The van der Waals surface area contributed by atoms with Gasteiger partial charge in [-0.05, 0) is 29.0 Å². The fourth-order valence-corrected chi connectivity index (χ4v) is 2.75. The average Bonchev–Trinajstić information content (AvgIpc) is 2.69. The summed E-state index contributed by atoms with van der Waals surface area (Å²) < 4.78 is 5.18. The number of aromatic hydroxyl groups is 1. The van der Waals surface area contributed by atoms with Gasteiger partial charge in [0.15, 0.2) is 0 Å². The molecule has 0 saturated heterocycles. The first-order chi connectivity index (χ1) is 8.30. The number of hydrogen-bond donors (Lipinski definition) is 2. The Morgan fingerprint density at radius 1 is 1.22 bits per heavy atom. The molecule has 1 aromatic carbocycles. The molecular weight excluding hydrogens is 226 g/mol. The molecular formula is C15H23NO2. The van der Waals surface area contributed by atoms with Crippen LogP contribution >= 0.6 is 0 Å². The second kappa shape index (κ2) is 4.16.